The van der Waals surface area contributed by atoms with Crippen LogP contribution in [0.25, 0.3) is 0 Å². The highest BCUT2D eigenvalue weighted by atomic mass is 79.9. The molecule has 0 saturated carbocycles. The first-order chi connectivity index (χ1) is 11.0. The summed E-state index contributed by atoms with van der Waals surface area (Å²) in [5.41, 5.74) is 1.73. The maximum absolute atomic E-state index is 12.5. The Morgan fingerprint density at radius 1 is 1.17 bits per heavy atom. The van der Waals surface area contributed by atoms with E-state index in [1.54, 1.807) is 12.1 Å². The van der Waals surface area contributed by atoms with Gasteiger partial charge in [-0.25, -0.2) is 0 Å². The molecule has 23 heavy (non-hydrogen) atoms. The molecule has 1 amide bonds. The first kappa shape index (κ1) is 17.5. The number of hydrogen-bond donors (Lipinski definition) is 1. The normalized spacial score (nSPS) is 12.0. The molecule has 1 N–H and O–H groups in total. The smallest absolute Gasteiger partial charge is 0.251 e. The standard InChI is InChI=1S/C19H22BrNO2/c1-4-17(14-8-6-5-7-9-14)21-19(22)15-10-11-18(16(20)12-15)23-13(2)3/h5-13,17H,4H2,1-3H3,(H,21,22). The Bertz CT molecular complexity index is 656. The van der Waals surface area contributed by atoms with Crippen molar-refractivity contribution in [2.45, 2.75) is 39.3 Å². The van der Waals surface area contributed by atoms with E-state index in [0.29, 0.717) is 5.56 Å². The molecule has 0 aliphatic carbocycles. The molecule has 0 radical (unpaired) electrons. The van der Waals surface area contributed by atoms with Crippen molar-refractivity contribution < 1.29 is 9.53 Å². The number of hydrogen-bond acceptors (Lipinski definition) is 2. The van der Waals surface area contributed by atoms with Crippen molar-refractivity contribution in [1.29, 1.82) is 0 Å². The number of halogens is 1. The zero-order valence-electron chi connectivity index (χ0n) is 13.7. The van der Waals surface area contributed by atoms with Gasteiger partial charge in [-0.1, -0.05) is 37.3 Å². The quantitative estimate of drug-likeness (QED) is 0.760. The second-order valence-electron chi connectivity index (χ2n) is 5.66. The number of rotatable bonds is 6. The first-order valence-corrected chi connectivity index (χ1v) is 8.62. The van der Waals surface area contributed by atoms with Crippen LogP contribution in [0.3, 0.4) is 0 Å². The van der Waals surface area contributed by atoms with Crippen molar-refractivity contribution in [3.8, 4) is 5.75 Å². The Balaban J connectivity index is 2.12. The van der Waals surface area contributed by atoms with E-state index in [0.717, 1.165) is 22.2 Å². The summed E-state index contributed by atoms with van der Waals surface area (Å²) in [6, 6.07) is 15.4. The van der Waals surface area contributed by atoms with Gasteiger partial charge in [0.25, 0.3) is 5.91 Å². The Morgan fingerprint density at radius 2 is 1.87 bits per heavy atom. The van der Waals surface area contributed by atoms with Gasteiger partial charge in [0.15, 0.2) is 0 Å². The van der Waals surface area contributed by atoms with Gasteiger partial charge in [-0.15, -0.1) is 0 Å². The van der Waals surface area contributed by atoms with Gasteiger partial charge in [-0.2, -0.15) is 0 Å². The molecule has 2 aromatic rings. The summed E-state index contributed by atoms with van der Waals surface area (Å²) in [6.45, 7) is 6.00. The van der Waals surface area contributed by atoms with E-state index < -0.39 is 0 Å². The average molecular weight is 376 g/mol. The molecule has 0 aliphatic heterocycles. The van der Waals surface area contributed by atoms with E-state index in [9.17, 15) is 4.79 Å². The van der Waals surface area contributed by atoms with Crippen molar-refractivity contribution in [3.05, 3.63) is 64.1 Å². The fourth-order valence-corrected chi connectivity index (χ4v) is 2.81. The van der Waals surface area contributed by atoms with Gasteiger partial charge in [0.05, 0.1) is 16.6 Å². The van der Waals surface area contributed by atoms with E-state index in [2.05, 4.69) is 28.2 Å². The van der Waals surface area contributed by atoms with Gasteiger partial charge in [0.2, 0.25) is 0 Å². The van der Waals surface area contributed by atoms with Gasteiger partial charge >= 0.3 is 0 Å². The highest BCUT2D eigenvalue weighted by molar-refractivity contribution is 9.10. The summed E-state index contributed by atoms with van der Waals surface area (Å²) in [5, 5.41) is 3.09. The van der Waals surface area contributed by atoms with Gasteiger partial charge in [0, 0.05) is 5.56 Å². The second kappa shape index (κ2) is 8.16. The number of amides is 1. The summed E-state index contributed by atoms with van der Waals surface area (Å²) < 4.78 is 6.46. The SMILES string of the molecule is CCC(NC(=O)c1ccc(OC(C)C)c(Br)c1)c1ccccc1. The van der Waals surface area contributed by atoms with Crippen LogP contribution < -0.4 is 10.1 Å². The summed E-state index contributed by atoms with van der Waals surface area (Å²) >= 11 is 3.47. The monoisotopic (exact) mass is 375 g/mol. The number of carbonyl (C=O) groups excluding carboxylic acids is 1. The minimum atomic E-state index is -0.0856. The molecule has 3 nitrogen and oxygen atoms in total. The third-order valence-corrected chi connectivity index (χ3v) is 4.09. The largest absolute Gasteiger partial charge is 0.490 e. The first-order valence-electron chi connectivity index (χ1n) is 7.83. The predicted octanol–water partition coefficient (Wildman–Crippen LogP) is 5.12. The lowest BCUT2D eigenvalue weighted by Gasteiger charge is -2.18. The fraction of sp³-hybridized carbons (Fsp3) is 0.316. The molecule has 0 aliphatic rings. The van der Waals surface area contributed by atoms with Crippen LogP contribution >= 0.6 is 15.9 Å². The molecule has 1 atom stereocenters. The molecule has 0 bridgehead atoms. The average Bonchev–Trinajstić information content (AvgIpc) is 2.54. The Hall–Kier alpha value is -1.81. The highest BCUT2D eigenvalue weighted by Gasteiger charge is 2.15. The second-order valence-corrected chi connectivity index (χ2v) is 6.51. The molecular formula is C19H22BrNO2. The maximum Gasteiger partial charge on any atom is 0.251 e. The summed E-state index contributed by atoms with van der Waals surface area (Å²) in [7, 11) is 0. The minimum Gasteiger partial charge on any atom is -0.490 e. The maximum atomic E-state index is 12.5. The van der Waals surface area contributed by atoms with Crippen LogP contribution in [-0.2, 0) is 0 Å². The van der Waals surface area contributed by atoms with Crippen LogP contribution in [0.15, 0.2) is 53.0 Å². The molecule has 0 aromatic heterocycles. The molecule has 122 valence electrons. The molecular weight excluding hydrogens is 354 g/mol. The van der Waals surface area contributed by atoms with Crippen molar-refractivity contribution in [2.75, 3.05) is 0 Å². The van der Waals surface area contributed by atoms with Crippen molar-refractivity contribution >= 4 is 21.8 Å². The van der Waals surface area contributed by atoms with Crippen LogP contribution in [0.2, 0.25) is 0 Å². The van der Waals surface area contributed by atoms with Gasteiger partial charge in [-0.05, 0) is 60.0 Å². The van der Waals surface area contributed by atoms with Crippen molar-refractivity contribution in [2.24, 2.45) is 0 Å². The lowest BCUT2D eigenvalue weighted by atomic mass is 10.0. The van der Waals surface area contributed by atoms with Crippen LogP contribution in [0.1, 0.15) is 49.2 Å². The molecule has 1 unspecified atom stereocenters. The number of carbonyl (C=O) groups is 1. The van der Waals surface area contributed by atoms with Crippen LogP contribution in [0, 0.1) is 0 Å². The summed E-state index contributed by atoms with van der Waals surface area (Å²) in [4.78, 5) is 12.5. The van der Waals surface area contributed by atoms with E-state index in [-0.39, 0.29) is 18.1 Å². The topological polar surface area (TPSA) is 38.3 Å². The molecule has 0 spiro atoms. The van der Waals surface area contributed by atoms with E-state index >= 15 is 0 Å². The molecule has 4 heteroatoms. The van der Waals surface area contributed by atoms with Gasteiger partial charge in [-0.3, -0.25) is 4.79 Å². The molecule has 2 rings (SSSR count). The van der Waals surface area contributed by atoms with E-state index in [4.69, 9.17) is 4.74 Å². The zero-order chi connectivity index (χ0) is 16.8. The molecule has 0 fully saturated rings. The van der Waals surface area contributed by atoms with E-state index in [1.165, 1.54) is 0 Å². The van der Waals surface area contributed by atoms with Crippen LogP contribution in [-0.4, -0.2) is 12.0 Å². The Kier molecular flexibility index (Phi) is 6.22. The number of nitrogens with one attached hydrogen (secondary N) is 1. The van der Waals surface area contributed by atoms with E-state index in [1.807, 2.05) is 50.2 Å². The zero-order valence-corrected chi connectivity index (χ0v) is 15.3. The summed E-state index contributed by atoms with van der Waals surface area (Å²) in [6.07, 6.45) is 0.930. The van der Waals surface area contributed by atoms with Gasteiger partial charge < -0.3 is 10.1 Å². The third kappa shape index (κ3) is 4.83. The van der Waals surface area contributed by atoms with Gasteiger partial charge in [0.1, 0.15) is 5.75 Å². The van der Waals surface area contributed by atoms with Crippen LogP contribution in [0.4, 0.5) is 0 Å². The Morgan fingerprint density at radius 3 is 2.43 bits per heavy atom. The highest BCUT2D eigenvalue weighted by Crippen LogP contribution is 2.27. The number of ether oxygens (including phenoxy) is 1. The third-order valence-electron chi connectivity index (χ3n) is 3.47. The minimum absolute atomic E-state index is 0.00839. The molecule has 0 heterocycles. The summed E-state index contributed by atoms with van der Waals surface area (Å²) in [5.74, 6) is 0.657. The lowest BCUT2D eigenvalue weighted by molar-refractivity contribution is 0.0935. The predicted molar refractivity (Wildman–Crippen MR) is 96.8 cm³/mol. The lowest BCUT2D eigenvalue weighted by Crippen LogP contribution is -2.28. The number of benzene rings is 2. The van der Waals surface area contributed by atoms with Crippen molar-refractivity contribution in [1.82, 2.24) is 5.32 Å². The van der Waals surface area contributed by atoms with Crippen LogP contribution in [0.5, 0.6) is 5.75 Å². The van der Waals surface area contributed by atoms with Crippen molar-refractivity contribution in [3.63, 3.8) is 0 Å². The molecule has 2 aromatic carbocycles. The fourth-order valence-electron chi connectivity index (χ4n) is 2.34. The Labute approximate surface area is 146 Å². The molecule has 0 saturated heterocycles.